The lowest BCUT2D eigenvalue weighted by molar-refractivity contribution is -0.139. The van der Waals surface area contributed by atoms with E-state index in [2.05, 4.69) is 0 Å². The monoisotopic (exact) mass is 288 g/mol. The van der Waals surface area contributed by atoms with Crippen LogP contribution >= 0.6 is 0 Å². The first-order valence-electron chi connectivity index (χ1n) is 6.94. The number of hydrogen-bond acceptors (Lipinski definition) is 2. The van der Waals surface area contributed by atoms with Gasteiger partial charge in [0, 0.05) is 6.61 Å². The molecule has 1 fully saturated rings. The molecule has 1 N–H and O–H groups in total. The summed E-state index contributed by atoms with van der Waals surface area (Å²) in [5.74, 6) is 0. The molecule has 2 rings (SSSR count). The van der Waals surface area contributed by atoms with Crippen LogP contribution in [0.25, 0.3) is 0 Å². The van der Waals surface area contributed by atoms with Crippen LogP contribution in [0.15, 0.2) is 24.3 Å². The highest BCUT2D eigenvalue weighted by molar-refractivity contribution is 5.31. The van der Waals surface area contributed by atoms with Crippen LogP contribution in [0.1, 0.15) is 49.3 Å². The van der Waals surface area contributed by atoms with Crippen LogP contribution in [0.2, 0.25) is 0 Å². The van der Waals surface area contributed by atoms with Gasteiger partial charge in [0.15, 0.2) is 0 Å². The van der Waals surface area contributed by atoms with Gasteiger partial charge >= 0.3 is 6.18 Å². The predicted molar refractivity (Wildman–Crippen MR) is 69.2 cm³/mol. The maximum atomic E-state index is 12.8. The lowest BCUT2D eigenvalue weighted by Gasteiger charge is -2.18. The van der Waals surface area contributed by atoms with E-state index < -0.39 is 17.8 Å². The molecule has 2 atom stereocenters. The molecule has 112 valence electrons. The number of benzene rings is 1. The standard InChI is InChI=1S/C15H19F3O2/c16-15(17,18)13-8-2-1-7-12(13)14(19)9-3-5-11-6-4-10-20-11/h1-2,7-8,11,14,19H,3-6,9-10H2. The summed E-state index contributed by atoms with van der Waals surface area (Å²) in [6, 6.07) is 5.22. The third-order valence-corrected chi connectivity index (χ3v) is 3.65. The summed E-state index contributed by atoms with van der Waals surface area (Å²) in [4.78, 5) is 0. The zero-order valence-electron chi connectivity index (χ0n) is 11.2. The van der Waals surface area contributed by atoms with E-state index >= 15 is 0 Å². The maximum absolute atomic E-state index is 12.8. The molecule has 5 heteroatoms. The summed E-state index contributed by atoms with van der Waals surface area (Å²) in [7, 11) is 0. The summed E-state index contributed by atoms with van der Waals surface area (Å²) in [6.45, 7) is 0.768. The number of hydrogen-bond donors (Lipinski definition) is 1. The summed E-state index contributed by atoms with van der Waals surface area (Å²) in [5, 5.41) is 10.00. The van der Waals surface area contributed by atoms with Crippen molar-refractivity contribution in [1.29, 1.82) is 0 Å². The van der Waals surface area contributed by atoms with Crippen molar-refractivity contribution in [2.24, 2.45) is 0 Å². The fourth-order valence-corrected chi connectivity index (χ4v) is 2.61. The molecule has 1 heterocycles. The molecular formula is C15H19F3O2. The minimum atomic E-state index is -4.42. The predicted octanol–water partition coefficient (Wildman–Crippen LogP) is 4.09. The zero-order chi connectivity index (χ0) is 14.6. The van der Waals surface area contributed by atoms with Crippen molar-refractivity contribution < 1.29 is 23.0 Å². The normalized spacial score (nSPS) is 21.1. The Kier molecular flexibility index (Phi) is 5.05. The van der Waals surface area contributed by atoms with Gasteiger partial charge in [0.2, 0.25) is 0 Å². The molecule has 1 aliphatic heterocycles. The molecule has 0 saturated carbocycles. The van der Waals surface area contributed by atoms with E-state index in [0.29, 0.717) is 12.8 Å². The minimum absolute atomic E-state index is 0.0349. The van der Waals surface area contributed by atoms with Crippen LogP contribution in [0, 0.1) is 0 Å². The Morgan fingerprint density at radius 2 is 2.05 bits per heavy atom. The van der Waals surface area contributed by atoms with E-state index in [1.54, 1.807) is 0 Å². The van der Waals surface area contributed by atoms with Crippen molar-refractivity contribution in [3.8, 4) is 0 Å². The zero-order valence-corrected chi connectivity index (χ0v) is 11.2. The average molecular weight is 288 g/mol. The molecule has 2 unspecified atom stereocenters. The Balaban J connectivity index is 1.93. The minimum Gasteiger partial charge on any atom is -0.388 e. The largest absolute Gasteiger partial charge is 0.416 e. The molecule has 0 aromatic heterocycles. The molecule has 20 heavy (non-hydrogen) atoms. The van der Waals surface area contributed by atoms with Gasteiger partial charge in [0.25, 0.3) is 0 Å². The number of alkyl halides is 3. The maximum Gasteiger partial charge on any atom is 0.416 e. The molecule has 0 aliphatic carbocycles. The fraction of sp³-hybridized carbons (Fsp3) is 0.600. The van der Waals surface area contributed by atoms with Crippen LogP contribution in [0.5, 0.6) is 0 Å². The van der Waals surface area contributed by atoms with Gasteiger partial charge in [0.1, 0.15) is 0 Å². The van der Waals surface area contributed by atoms with Gasteiger partial charge in [-0.15, -0.1) is 0 Å². The van der Waals surface area contributed by atoms with Crippen molar-refractivity contribution >= 4 is 0 Å². The number of ether oxygens (including phenoxy) is 1. The second-order valence-electron chi connectivity index (χ2n) is 5.17. The average Bonchev–Trinajstić information content (AvgIpc) is 2.91. The Bertz CT molecular complexity index is 425. The molecule has 0 amide bonds. The summed E-state index contributed by atoms with van der Waals surface area (Å²) in [6.07, 6.45) is -1.45. The molecule has 0 radical (unpaired) electrons. The molecule has 0 bridgehead atoms. The molecular weight excluding hydrogens is 269 g/mol. The topological polar surface area (TPSA) is 29.5 Å². The fourth-order valence-electron chi connectivity index (χ4n) is 2.61. The molecule has 2 nitrogen and oxygen atoms in total. The van der Waals surface area contributed by atoms with Gasteiger partial charge in [-0.1, -0.05) is 18.2 Å². The third-order valence-electron chi connectivity index (χ3n) is 3.65. The van der Waals surface area contributed by atoms with E-state index in [-0.39, 0.29) is 11.7 Å². The van der Waals surface area contributed by atoms with Crippen LogP contribution in [-0.2, 0) is 10.9 Å². The highest BCUT2D eigenvalue weighted by Gasteiger charge is 2.34. The van der Waals surface area contributed by atoms with Gasteiger partial charge in [-0.05, 0) is 43.7 Å². The van der Waals surface area contributed by atoms with Crippen LogP contribution < -0.4 is 0 Å². The number of aliphatic hydroxyl groups is 1. The van der Waals surface area contributed by atoms with E-state index in [1.165, 1.54) is 18.2 Å². The first-order valence-corrected chi connectivity index (χ1v) is 6.94. The Labute approximate surface area is 116 Å². The number of halogens is 3. The quantitative estimate of drug-likeness (QED) is 0.884. The van der Waals surface area contributed by atoms with E-state index in [1.807, 2.05) is 0 Å². The molecule has 1 aromatic rings. The van der Waals surface area contributed by atoms with Crippen molar-refractivity contribution in [2.45, 2.75) is 50.5 Å². The lowest BCUT2D eigenvalue weighted by Crippen LogP contribution is -2.12. The van der Waals surface area contributed by atoms with Gasteiger partial charge in [-0.25, -0.2) is 0 Å². The van der Waals surface area contributed by atoms with Gasteiger partial charge in [-0.3, -0.25) is 0 Å². The second kappa shape index (κ2) is 6.59. The highest BCUT2D eigenvalue weighted by Crippen LogP contribution is 2.35. The van der Waals surface area contributed by atoms with Gasteiger partial charge < -0.3 is 9.84 Å². The van der Waals surface area contributed by atoms with Crippen molar-refractivity contribution in [2.75, 3.05) is 6.61 Å². The third kappa shape index (κ3) is 3.96. The summed E-state index contributed by atoms with van der Waals surface area (Å²) in [5.41, 5.74) is -0.781. The molecule has 1 aromatic carbocycles. The van der Waals surface area contributed by atoms with Crippen LogP contribution in [0.4, 0.5) is 13.2 Å². The Morgan fingerprint density at radius 1 is 1.30 bits per heavy atom. The Morgan fingerprint density at radius 3 is 2.70 bits per heavy atom. The van der Waals surface area contributed by atoms with E-state index in [9.17, 15) is 18.3 Å². The first kappa shape index (κ1) is 15.3. The molecule has 1 saturated heterocycles. The number of aliphatic hydroxyl groups excluding tert-OH is 1. The van der Waals surface area contributed by atoms with E-state index in [0.717, 1.165) is 31.9 Å². The second-order valence-corrected chi connectivity index (χ2v) is 5.17. The summed E-state index contributed by atoms with van der Waals surface area (Å²) >= 11 is 0. The SMILES string of the molecule is OC(CCCC1CCCO1)c1ccccc1C(F)(F)F. The smallest absolute Gasteiger partial charge is 0.388 e. The lowest BCUT2D eigenvalue weighted by atomic mass is 9.97. The van der Waals surface area contributed by atoms with Crippen molar-refractivity contribution in [3.63, 3.8) is 0 Å². The van der Waals surface area contributed by atoms with Gasteiger partial charge in [0.05, 0.1) is 17.8 Å². The first-order chi connectivity index (χ1) is 9.48. The molecule has 1 aliphatic rings. The van der Waals surface area contributed by atoms with Crippen LogP contribution in [-0.4, -0.2) is 17.8 Å². The van der Waals surface area contributed by atoms with Crippen molar-refractivity contribution in [3.05, 3.63) is 35.4 Å². The van der Waals surface area contributed by atoms with Crippen LogP contribution in [0.3, 0.4) is 0 Å². The highest BCUT2D eigenvalue weighted by atomic mass is 19.4. The van der Waals surface area contributed by atoms with Crippen molar-refractivity contribution in [1.82, 2.24) is 0 Å². The van der Waals surface area contributed by atoms with E-state index in [4.69, 9.17) is 4.74 Å². The summed E-state index contributed by atoms with van der Waals surface area (Å²) < 4.78 is 44.0. The Hall–Kier alpha value is -1.07. The molecule has 0 spiro atoms. The number of rotatable bonds is 5. The van der Waals surface area contributed by atoms with Gasteiger partial charge in [-0.2, -0.15) is 13.2 Å².